The summed E-state index contributed by atoms with van der Waals surface area (Å²) in [6, 6.07) is -0.348. The van der Waals surface area contributed by atoms with Crippen molar-refractivity contribution in [1.82, 2.24) is 10.6 Å². The van der Waals surface area contributed by atoms with E-state index in [1.165, 1.54) is 0 Å². The number of halogens is 1. The Hall–Kier alpha value is -1.83. The van der Waals surface area contributed by atoms with Crippen molar-refractivity contribution in [2.75, 3.05) is 46.3 Å². The molecule has 1 saturated carbocycles. The molecule has 2 bridgehead atoms. The number of rotatable bonds is 9. The van der Waals surface area contributed by atoms with Crippen molar-refractivity contribution in [3.63, 3.8) is 0 Å². The lowest BCUT2D eigenvalue weighted by molar-refractivity contribution is -0.906. The Morgan fingerprint density at radius 2 is 2.21 bits per heavy atom. The number of fused-ring (bicyclic) bond motifs is 2. The highest BCUT2D eigenvalue weighted by Crippen LogP contribution is 2.71. The van der Waals surface area contributed by atoms with Crippen LogP contribution in [0.25, 0.3) is 0 Å². The highest BCUT2D eigenvalue weighted by Gasteiger charge is 2.68. The monoisotopic (exact) mass is 560 g/mol. The lowest BCUT2D eigenvalue weighted by Gasteiger charge is -2.38. The van der Waals surface area contributed by atoms with E-state index in [4.69, 9.17) is 27.8 Å². The Morgan fingerprint density at radius 3 is 2.92 bits per heavy atom. The second kappa shape index (κ2) is 10.9. The van der Waals surface area contributed by atoms with Gasteiger partial charge in [0.2, 0.25) is 5.91 Å². The molecule has 4 aliphatic heterocycles. The number of amides is 1. The Bertz CT molecular complexity index is 1110. The zero-order valence-electron chi connectivity index (χ0n) is 24.3. The first-order chi connectivity index (χ1) is 18.5. The lowest BCUT2D eigenvalue weighted by Crippen LogP contribution is -2.57. The zero-order chi connectivity index (χ0) is 28.0. The van der Waals surface area contributed by atoms with Crippen LogP contribution < -0.4 is 22.1 Å². The number of nitrogens with zero attached hydrogens (tertiary/aromatic N) is 2. The molecule has 5 rings (SSSR count). The molecule has 1 aliphatic carbocycles. The molecular weight excluding hydrogens is 512 g/mol. The maximum atomic E-state index is 14.0. The van der Waals surface area contributed by atoms with Gasteiger partial charge in [0.05, 0.1) is 37.4 Å². The van der Waals surface area contributed by atoms with Gasteiger partial charge >= 0.3 is 0 Å². The van der Waals surface area contributed by atoms with Gasteiger partial charge in [-0.3, -0.25) is 4.79 Å². The van der Waals surface area contributed by atoms with Gasteiger partial charge in [-0.05, 0) is 49.2 Å². The number of hydrogen-bond acceptors (Lipinski definition) is 5. The van der Waals surface area contributed by atoms with E-state index >= 15 is 0 Å². The average molecular weight is 561 g/mol. The Balaban J connectivity index is 1.39. The van der Waals surface area contributed by atoms with Crippen molar-refractivity contribution in [2.24, 2.45) is 28.2 Å². The highest BCUT2D eigenvalue weighted by molar-refractivity contribution is 6.20. The lowest BCUT2D eigenvalue weighted by atomic mass is 9.81. The Labute approximate surface area is 239 Å². The summed E-state index contributed by atoms with van der Waals surface area (Å²) in [5.74, 6) is -0.0699. The average Bonchev–Trinajstić information content (AvgIpc) is 3.50. The van der Waals surface area contributed by atoms with E-state index in [2.05, 4.69) is 60.9 Å². The summed E-state index contributed by atoms with van der Waals surface area (Å²) in [5.41, 5.74) is 18.7. The highest BCUT2D eigenvalue weighted by atomic mass is 35.5. The van der Waals surface area contributed by atoms with Gasteiger partial charge < -0.3 is 31.3 Å². The SMILES string of the molecule is CCCC1=C=C(OC2C=CC[N+](C)(CC)C2)C(NC(=O)C(C2=[N+]3CCC4(CC(Cl)C3)CC4(C)C2)C(N)N)CN1. The smallest absolute Gasteiger partial charge is 0.236 e. The van der Waals surface area contributed by atoms with Gasteiger partial charge in [-0.1, -0.05) is 26.0 Å². The maximum absolute atomic E-state index is 14.0. The van der Waals surface area contributed by atoms with E-state index in [0.29, 0.717) is 12.3 Å². The molecule has 0 aromatic rings. The summed E-state index contributed by atoms with van der Waals surface area (Å²) in [6.45, 7) is 11.9. The first-order valence-electron chi connectivity index (χ1n) is 15.0. The van der Waals surface area contributed by atoms with Gasteiger partial charge in [0.1, 0.15) is 25.0 Å². The van der Waals surface area contributed by atoms with Gasteiger partial charge in [0.15, 0.2) is 24.1 Å². The molecule has 9 heteroatoms. The molecule has 4 heterocycles. The molecule has 39 heavy (non-hydrogen) atoms. The van der Waals surface area contributed by atoms with Crippen LogP contribution in [0.2, 0.25) is 0 Å². The van der Waals surface area contributed by atoms with Gasteiger partial charge in [0.25, 0.3) is 0 Å². The first-order valence-corrected chi connectivity index (χ1v) is 15.4. The minimum Gasteiger partial charge on any atom is -0.474 e. The molecule has 1 saturated heterocycles. The maximum Gasteiger partial charge on any atom is 0.236 e. The third-order valence-electron chi connectivity index (χ3n) is 10.3. The van der Waals surface area contributed by atoms with Crippen LogP contribution in [-0.4, -0.2) is 90.7 Å². The van der Waals surface area contributed by atoms with Crippen molar-refractivity contribution in [1.29, 1.82) is 0 Å². The molecule has 6 N–H and O–H groups in total. The molecule has 2 fully saturated rings. The van der Waals surface area contributed by atoms with Crippen LogP contribution in [0.3, 0.4) is 0 Å². The molecule has 0 aromatic carbocycles. The fourth-order valence-electron chi connectivity index (χ4n) is 7.58. The second-order valence-corrected chi connectivity index (χ2v) is 13.9. The third-order valence-corrected chi connectivity index (χ3v) is 10.6. The number of carbonyl (C=O) groups is 1. The van der Waals surface area contributed by atoms with Crippen LogP contribution >= 0.6 is 11.6 Å². The van der Waals surface area contributed by atoms with E-state index in [1.54, 1.807) is 0 Å². The van der Waals surface area contributed by atoms with Crippen molar-refractivity contribution >= 4 is 23.2 Å². The molecule has 0 aromatic heterocycles. The minimum atomic E-state index is -0.800. The molecule has 7 atom stereocenters. The van der Waals surface area contributed by atoms with Crippen LogP contribution in [0.5, 0.6) is 0 Å². The predicted octanol–water partition coefficient (Wildman–Crippen LogP) is 2.18. The van der Waals surface area contributed by atoms with Crippen LogP contribution in [0.4, 0.5) is 0 Å². The third kappa shape index (κ3) is 5.69. The fraction of sp³-hybridized carbons (Fsp3) is 0.767. The van der Waals surface area contributed by atoms with E-state index in [-0.39, 0.29) is 34.3 Å². The molecular formula is C30H49ClN6O2+2. The van der Waals surface area contributed by atoms with E-state index in [9.17, 15) is 4.79 Å². The number of nitrogens with one attached hydrogen (secondary N) is 2. The minimum absolute atomic E-state index is 0.0627. The second-order valence-electron chi connectivity index (χ2n) is 13.3. The number of ether oxygens (including phenoxy) is 1. The van der Waals surface area contributed by atoms with Crippen molar-refractivity contribution < 1.29 is 18.6 Å². The zero-order valence-corrected chi connectivity index (χ0v) is 25.0. The van der Waals surface area contributed by atoms with Crippen molar-refractivity contribution in [2.45, 2.75) is 83.0 Å². The number of alkyl halides is 1. The summed E-state index contributed by atoms with van der Waals surface area (Å²) in [5, 5.41) is 6.80. The van der Waals surface area contributed by atoms with Crippen LogP contribution in [0.15, 0.2) is 29.3 Å². The summed E-state index contributed by atoms with van der Waals surface area (Å²) in [7, 11) is 2.26. The van der Waals surface area contributed by atoms with E-state index in [1.807, 2.05) is 0 Å². The van der Waals surface area contributed by atoms with Crippen LogP contribution in [0, 0.1) is 16.7 Å². The van der Waals surface area contributed by atoms with Gasteiger partial charge in [-0.2, -0.15) is 0 Å². The summed E-state index contributed by atoms with van der Waals surface area (Å²) in [4.78, 5) is 14.0. The number of nitrogens with two attached hydrogens (primary N) is 2. The molecule has 1 spiro atoms. The number of carbonyl (C=O) groups excluding carboxylic acids is 1. The molecule has 0 radical (unpaired) electrons. The summed E-state index contributed by atoms with van der Waals surface area (Å²) >= 11 is 6.80. The summed E-state index contributed by atoms with van der Waals surface area (Å²) < 4.78 is 9.82. The van der Waals surface area contributed by atoms with Crippen molar-refractivity contribution in [3.8, 4) is 0 Å². The molecule has 5 aliphatic rings. The van der Waals surface area contributed by atoms with E-state index < -0.39 is 12.1 Å². The van der Waals surface area contributed by atoms with Gasteiger partial charge in [0, 0.05) is 19.4 Å². The molecule has 216 valence electrons. The quantitative estimate of drug-likeness (QED) is 0.0864. The standard InChI is InChI=1S/C30H48ClN6O2/c1-5-8-21-13-25(39-22-9-7-12-37(4,6-2)18-22)23(16-34-21)35-28(38)26(27(32)33)24-15-29(3)19-30(29)10-11-36(24)17-20(31)14-30/h7,9,20,22-23,26-27,34H,5-6,8,10-12,14-19,32-33H2,1-4H3/q+1/p+1. The largest absolute Gasteiger partial charge is 0.474 e. The number of hydrogen-bond donors (Lipinski definition) is 4. The molecule has 1 amide bonds. The Morgan fingerprint density at radius 1 is 1.41 bits per heavy atom. The number of quaternary nitrogens is 1. The van der Waals surface area contributed by atoms with Crippen LogP contribution in [0.1, 0.15) is 59.3 Å². The normalized spacial score (nSPS) is 38.2. The van der Waals surface area contributed by atoms with Gasteiger partial charge in [-0.25, -0.2) is 4.58 Å². The predicted molar refractivity (Wildman–Crippen MR) is 155 cm³/mol. The fourth-order valence-corrected chi connectivity index (χ4v) is 8.04. The molecule has 7 unspecified atom stereocenters. The van der Waals surface area contributed by atoms with Gasteiger partial charge in [-0.15, -0.1) is 11.6 Å². The summed E-state index contributed by atoms with van der Waals surface area (Å²) in [6.07, 6.45) is 9.57. The first kappa shape index (κ1) is 28.7. The van der Waals surface area contributed by atoms with Crippen molar-refractivity contribution in [3.05, 3.63) is 29.3 Å². The van der Waals surface area contributed by atoms with E-state index in [0.717, 1.165) is 87.1 Å². The topological polar surface area (TPSA) is 105 Å². The Kier molecular flexibility index (Phi) is 7.99. The van der Waals surface area contributed by atoms with Crippen LogP contribution in [-0.2, 0) is 9.53 Å². The molecule has 8 nitrogen and oxygen atoms in total. The number of likely N-dealkylation sites (N-methyl/N-ethyl adjacent to an activating group) is 1.